The van der Waals surface area contributed by atoms with E-state index in [2.05, 4.69) is 4.98 Å². The Morgan fingerprint density at radius 1 is 1.24 bits per heavy atom. The molecular formula is C14H15ClN2O3S. The Kier molecular flexibility index (Phi) is 4.82. The van der Waals surface area contributed by atoms with Crippen molar-refractivity contribution in [1.82, 2.24) is 9.29 Å². The van der Waals surface area contributed by atoms with Gasteiger partial charge in [0.2, 0.25) is 10.0 Å². The lowest BCUT2D eigenvalue weighted by Gasteiger charge is -2.17. The minimum absolute atomic E-state index is 0.124. The molecule has 7 heteroatoms. The van der Waals surface area contributed by atoms with Crippen LogP contribution in [0.1, 0.15) is 5.56 Å². The van der Waals surface area contributed by atoms with Gasteiger partial charge in [-0.05, 0) is 29.8 Å². The van der Waals surface area contributed by atoms with Crippen LogP contribution in [-0.4, -0.2) is 31.9 Å². The summed E-state index contributed by atoms with van der Waals surface area (Å²) in [5, 5.41) is 0.147. The van der Waals surface area contributed by atoms with Crippen LogP contribution in [0.3, 0.4) is 0 Å². The average Bonchev–Trinajstić information content (AvgIpc) is 2.48. The van der Waals surface area contributed by atoms with Crippen molar-refractivity contribution in [3.8, 4) is 5.75 Å². The number of hydrogen-bond acceptors (Lipinski definition) is 4. The average molecular weight is 327 g/mol. The molecule has 0 spiro atoms. The quantitative estimate of drug-likeness (QED) is 0.792. The van der Waals surface area contributed by atoms with Gasteiger partial charge in [-0.15, -0.1) is 0 Å². The number of rotatable bonds is 5. The molecule has 2 rings (SSSR count). The molecule has 2 aromatic rings. The highest BCUT2D eigenvalue weighted by Crippen LogP contribution is 2.19. The minimum Gasteiger partial charge on any atom is -0.497 e. The molecule has 0 radical (unpaired) electrons. The maximum Gasteiger partial charge on any atom is 0.243 e. The number of sulfonamides is 1. The molecule has 0 amide bonds. The number of nitrogens with zero attached hydrogens (tertiary/aromatic N) is 2. The molecule has 0 saturated carbocycles. The van der Waals surface area contributed by atoms with Crippen LogP contribution in [0.25, 0.3) is 0 Å². The fourth-order valence-corrected chi connectivity index (χ4v) is 3.21. The standard InChI is InChI=1S/C14H15ClN2O3S/c1-17(10-11-3-5-12(20-2)6-4-11)21(18,19)13-7-8-16-14(15)9-13/h3-9H,10H2,1-2H3. The lowest BCUT2D eigenvalue weighted by atomic mass is 10.2. The molecule has 5 nitrogen and oxygen atoms in total. The van der Waals surface area contributed by atoms with E-state index in [1.54, 1.807) is 19.2 Å². The minimum atomic E-state index is -3.60. The summed E-state index contributed by atoms with van der Waals surface area (Å²) in [7, 11) is -0.494. The Morgan fingerprint density at radius 3 is 2.48 bits per heavy atom. The van der Waals surface area contributed by atoms with Crippen LogP contribution in [0.2, 0.25) is 5.15 Å². The predicted octanol–water partition coefficient (Wildman–Crippen LogP) is 2.56. The van der Waals surface area contributed by atoms with Crippen molar-refractivity contribution in [3.05, 3.63) is 53.3 Å². The third-order valence-electron chi connectivity index (χ3n) is 2.97. The molecule has 1 aromatic carbocycles. The SMILES string of the molecule is COc1ccc(CN(C)S(=O)(=O)c2ccnc(Cl)c2)cc1. The number of methoxy groups -OCH3 is 1. The molecule has 0 unspecified atom stereocenters. The van der Waals surface area contributed by atoms with Gasteiger partial charge in [-0.25, -0.2) is 13.4 Å². The van der Waals surface area contributed by atoms with Gasteiger partial charge < -0.3 is 4.74 Å². The normalized spacial score (nSPS) is 11.6. The zero-order chi connectivity index (χ0) is 15.5. The predicted molar refractivity (Wildman–Crippen MR) is 80.9 cm³/mol. The molecule has 0 N–H and O–H groups in total. The zero-order valence-corrected chi connectivity index (χ0v) is 13.2. The molecule has 0 saturated heterocycles. The summed E-state index contributed by atoms with van der Waals surface area (Å²) >= 11 is 5.74. The molecule has 0 atom stereocenters. The Hall–Kier alpha value is -1.63. The van der Waals surface area contributed by atoms with E-state index in [0.717, 1.165) is 11.3 Å². The fraction of sp³-hybridized carbons (Fsp3) is 0.214. The molecule has 112 valence electrons. The summed E-state index contributed by atoms with van der Waals surface area (Å²) < 4.78 is 31.2. The maximum atomic E-state index is 12.4. The van der Waals surface area contributed by atoms with E-state index in [9.17, 15) is 8.42 Å². The third kappa shape index (κ3) is 3.72. The molecule has 0 fully saturated rings. The van der Waals surface area contributed by atoms with Crippen molar-refractivity contribution in [1.29, 1.82) is 0 Å². The molecule has 0 bridgehead atoms. The van der Waals surface area contributed by atoms with Crippen LogP contribution in [0.15, 0.2) is 47.5 Å². The van der Waals surface area contributed by atoms with Gasteiger partial charge in [0.25, 0.3) is 0 Å². The second kappa shape index (κ2) is 6.43. The molecule has 1 heterocycles. The van der Waals surface area contributed by atoms with Crippen LogP contribution >= 0.6 is 11.6 Å². The number of benzene rings is 1. The molecule has 0 aliphatic heterocycles. The van der Waals surface area contributed by atoms with E-state index in [1.807, 2.05) is 12.1 Å². The van der Waals surface area contributed by atoms with Crippen molar-refractivity contribution in [3.63, 3.8) is 0 Å². The maximum absolute atomic E-state index is 12.4. The highest BCUT2D eigenvalue weighted by Gasteiger charge is 2.21. The highest BCUT2D eigenvalue weighted by molar-refractivity contribution is 7.89. The van der Waals surface area contributed by atoms with Crippen LogP contribution in [0.5, 0.6) is 5.75 Å². The van der Waals surface area contributed by atoms with E-state index in [-0.39, 0.29) is 16.6 Å². The number of hydrogen-bond donors (Lipinski definition) is 0. The first-order valence-corrected chi connectivity index (χ1v) is 7.96. The summed E-state index contributed by atoms with van der Waals surface area (Å²) in [5.41, 5.74) is 0.863. The summed E-state index contributed by atoms with van der Waals surface area (Å²) in [6.07, 6.45) is 1.37. The van der Waals surface area contributed by atoms with Gasteiger partial charge in [-0.2, -0.15) is 4.31 Å². The lowest BCUT2D eigenvalue weighted by molar-refractivity contribution is 0.414. The van der Waals surface area contributed by atoms with E-state index in [0.29, 0.717) is 0 Å². The summed E-state index contributed by atoms with van der Waals surface area (Å²) in [6.45, 7) is 0.256. The van der Waals surface area contributed by atoms with Gasteiger partial charge in [0.15, 0.2) is 0 Å². The van der Waals surface area contributed by atoms with Gasteiger partial charge in [0.05, 0.1) is 12.0 Å². The number of aromatic nitrogens is 1. The van der Waals surface area contributed by atoms with E-state index >= 15 is 0 Å². The molecule has 21 heavy (non-hydrogen) atoms. The Bertz CT molecular complexity index is 717. The fourth-order valence-electron chi connectivity index (χ4n) is 1.80. The summed E-state index contributed by atoms with van der Waals surface area (Å²) in [6, 6.07) is 9.99. The second-order valence-electron chi connectivity index (χ2n) is 4.42. The van der Waals surface area contributed by atoms with E-state index in [4.69, 9.17) is 16.3 Å². The first-order valence-electron chi connectivity index (χ1n) is 6.14. The Morgan fingerprint density at radius 2 is 1.90 bits per heavy atom. The van der Waals surface area contributed by atoms with Crippen molar-refractivity contribution in [2.24, 2.45) is 0 Å². The van der Waals surface area contributed by atoms with Gasteiger partial charge >= 0.3 is 0 Å². The van der Waals surface area contributed by atoms with Crippen molar-refractivity contribution >= 4 is 21.6 Å². The van der Waals surface area contributed by atoms with E-state index < -0.39 is 10.0 Å². The molecule has 0 aliphatic rings. The van der Waals surface area contributed by atoms with Crippen LogP contribution in [0, 0.1) is 0 Å². The number of pyridine rings is 1. The second-order valence-corrected chi connectivity index (χ2v) is 6.86. The number of ether oxygens (including phenoxy) is 1. The van der Waals surface area contributed by atoms with Crippen LogP contribution in [0.4, 0.5) is 0 Å². The van der Waals surface area contributed by atoms with Crippen molar-refractivity contribution in [2.45, 2.75) is 11.4 Å². The number of halogens is 1. The summed E-state index contributed by atoms with van der Waals surface area (Å²) in [4.78, 5) is 3.91. The zero-order valence-electron chi connectivity index (χ0n) is 11.7. The van der Waals surface area contributed by atoms with Crippen molar-refractivity contribution in [2.75, 3.05) is 14.2 Å². The van der Waals surface area contributed by atoms with Gasteiger partial charge in [0.1, 0.15) is 10.9 Å². The van der Waals surface area contributed by atoms with Gasteiger partial charge in [-0.1, -0.05) is 23.7 Å². The smallest absolute Gasteiger partial charge is 0.243 e. The highest BCUT2D eigenvalue weighted by atomic mass is 35.5. The molecule has 0 aliphatic carbocycles. The first kappa shape index (κ1) is 15.8. The van der Waals surface area contributed by atoms with Gasteiger partial charge in [0, 0.05) is 19.8 Å². The first-order chi connectivity index (χ1) is 9.93. The monoisotopic (exact) mass is 326 g/mol. The van der Waals surface area contributed by atoms with E-state index in [1.165, 1.54) is 29.7 Å². The van der Waals surface area contributed by atoms with Crippen LogP contribution in [-0.2, 0) is 16.6 Å². The molecular weight excluding hydrogens is 312 g/mol. The van der Waals surface area contributed by atoms with Crippen LogP contribution < -0.4 is 4.74 Å². The molecule has 1 aromatic heterocycles. The largest absolute Gasteiger partial charge is 0.497 e. The van der Waals surface area contributed by atoms with Crippen molar-refractivity contribution < 1.29 is 13.2 Å². The van der Waals surface area contributed by atoms with Gasteiger partial charge in [-0.3, -0.25) is 0 Å². The third-order valence-corrected chi connectivity index (χ3v) is 4.98. The Balaban J connectivity index is 2.20. The Labute approximate surface area is 129 Å². The topological polar surface area (TPSA) is 59.5 Å². The summed E-state index contributed by atoms with van der Waals surface area (Å²) in [5.74, 6) is 0.727. The lowest BCUT2D eigenvalue weighted by Crippen LogP contribution is -2.26.